The highest BCUT2D eigenvalue weighted by atomic mass is 32.2. The minimum Gasteiger partial charge on any atom is -0.435 e. The summed E-state index contributed by atoms with van der Waals surface area (Å²) in [7, 11) is 0. The number of benzene rings is 2. The van der Waals surface area contributed by atoms with Crippen LogP contribution in [0.5, 0.6) is 5.75 Å². The Kier molecular flexibility index (Phi) is 5.93. The van der Waals surface area contributed by atoms with Crippen molar-refractivity contribution < 1.29 is 18.3 Å². The Labute approximate surface area is 164 Å². The van der Waals surface area contributed by atoms with Crippen molar-refractivity contribution in [2.75, 3.05) is 11.6 Å². The highest BCUT2D eigenvalue weighted by Gasteiger charge is 2.16. The summed E-state index contributed by atoms with van der Waals surface area (Å²) in [6, 6.07) is 11.6. The van der Waals surface area contributed by atoms with E-state index in [1.165, 1.54) is 28.6 Å². The van der Waals surface area contributed by atoms with Crippen molar-refractivity contribution in [3.63, 3.8) is 0 Å². The zero-order chi connectivity index (χ0) is 20.3. The number of nitrogens with zero attached hydrogens (tertiary/aromatic N) is 3. The number of aryl methyl sites for hydroxylation is 2. The van der Waals surface area contributed by atoms with Gasteiger partial charge in [0.05, 0.1) is 5.75 Å². The van der Waals surface area contributed by atoms with Crippen LogP contribution in [0.1, 0.15) is 21.5 Å². The van der Waals surface area contributed by atoms with Crippen LogP contribution in [0.4, 0.5) is 8.78 Å². The van der Waals surface area contributed by atoms with E-state index in [9.17, 15) is 13.6 Å². The molecule has 3 aromatic rings. The van der Waals surface area contributed by atoms with Crippen molar-refractivity contribution in [2.45, 2.75) is 25.6 Å². The Morgan fingerprint density at radius 2 is 1.89 bits per heavy atom. The van der Waals surface area contributed by atoms with E-state index >= 15 is 0 Å². The third-order valence-electron chi connectivity index (χ3n) is 4.03. The minimum absolute atomic E-state index is 0.0238. The molecule has 0 saturated heterocycles. The molecule has 0 atom stereocenters. The molecule has 1 heterocycles. The lowest BCUT2D eigenvalue weighted by Gasteiger charge is -2.07. The number of Topliss-reactive ketones (excluding diaryl/α,β-unsaturated/α-hetero) is 1. The maximum atomic E-state index is 12.5. The summed E-state index contributed by atoms with van der Waals surface area (Å²) < 4.78 is 30.0. The van der Waals surface area contributed by atoms with Crippen LogP contribution in [0.2, 0.25) is 0 Å². The van der Waals surface area contributed by atoms with Crippen LogP contribution in [0.15, 0.2) is 47.6 Å². The fraction of sp³-hybridized carbons (Fsp3) is 0.211. The van der Waals surface area contributed by atoms with Gasteiger partial charge in [0.25, 0.3) is 0 Å². The molecular formula is C19H18F2N4O2S. The number of nitrogens with two attached hydrogens (primary N) is 1. The van der Waals surface area contributed by atoms with Crippen LogP contribution in [-0.4, -0.2) is 33.0 Å². The molecule has 146 valence electrons. The molecule has 28 heavy (non-hydrogen) atoms. The molecular weight excluding hydrogens is 386 g/mol. The molecule has 0 spiro atoms. The van der Waals surface area contributed by atoms with Crippen molar-refractivity contribution in [1.82, 2.24) is 14.9 Å². The minimum atomic E-state index is -2.89. The van der Waals surface area contributed by atoms with E-state index in [2.05, 4.69) is 14.9 Å². The van der Waals surface area contributed by atoms with E-state index in [-0.39, 0.29) is 17.3 Å². The first-order chi connectivity index (χ1) is 13.3. The van der Waals surface area contributed by atoms with Crippen LogP contribution in [0.25, 0.3) is 11.4 Å². The average molecular weight is 404 g/mol. The van der Waals surface area contributed by atoms with Gasteiger partial charge in [-0.05, 0) is 49.7 Å². The third kappa shape index (κ3) is 4.48. The number of hydrogen-bond acceptors (Lipinski definition) is 6. The summed E-state index contributed by atoms with van der Waals surface area (Å²) in [6.45, 7) is 0.938. The molecule has 6 nitrogen and oxygen atoms in total. The quantitative estimate of drug-likeness (QED) is 0.366. The smallest absolute Gasteiger partial charge is 0.387 e. The van der Waals surface area contributed by atoms with E-state index in [0.29, 0.717) is 22.1 Å². The van der Waals surface area contributed by atoms with Crippen LogP contribution < -0.4 is 10.6 Å². The van der Waals surface area contributed by atoms with Gasteiger partial charge in [-0.2, -0.15) is 8.78 Å². The fourth-order valence-electron chi connectivity index (χ4n) is 2.60. The first kappa shape index (κ1) is 19.8. The SMILES string of the molecule is Cc1ccc(C)c(C(=O)CSc2nnc(-c3ccc(OC(F)F)cc3)n2N)c1. The number of hydrogen-bond donors (Lipinski definition) is 1. The summed E-state index contributed by atoms with van der Waals surface area (Å²) in [4.78, 5) is 12.5. The molecule has 0 fully saturated rings. The standard InChI is InChI=1S/C19H18F2N4O2S/c1-11-3-4-12(2)15(9-11)16(26)10-28-19-24-23-17(25(19)22)13-5-7-14(8-6-13)27-18(20)21/h3-9,18H,10,22H2,1-2H3. The first-order valence-electron chi connectivity index (χ1n) is 8.34. The zero-order valence-electron chi connectivity index (χ0n) is 15.2. The van der Waals surface area contributed by atoms with Gasteiger partial charge in [0.1, 0.15) is 5.75 Å². The summed E-state index contributed by atoms with van der Waals surface area (Å²) in [5.74, 6) is 6.57. The molecule has 0 aliphatic rings. The predicted octanol–water partition coefficient (Wildman–Crippen LogP) is 3.85. The zero-order valence-corrected chi connectivity index (χ0v) is 16.0. The average Bonchev–Trinajstić information content (AvgIpc) is 3.02. The normalized spacial score (nSPS) is 11.0. The molecule has 0 bridgehead atoms. The number of alkyl halides is 2. The van der Waals surface area contributed by atoms with Gasteiger partial charge in [-0.15, -0.1) is 10.2 Å². The Hall–Kier alpha value is -2.94. The number of carbonyl (C=O) groups is 1. The number of nitrogen functional groups attached to an aromatic ring is 1. The van der Waals surface area contributed by atoms with Crippen molar-refractivity contribution in [3.8, 4) is 17.1 Å². The highest BCUT2D eigenvalue weighted by Crippen LogP contribution is 2.25. The second kappa shape index (κ2) is 8.39. The fourth-order valence-corrected chi connectivity index (χ4v) is 3.34. The van der Waals surface area contributed by atoms with E-state index in [4.69, 9.17) is 5.84 Å². The number of carbonyl (C=O) groups excluding carboxylic acids is 1. The van der Waals surface area contributed by atoms with Gasteiger partial charge in [0.2, 0.25) is 5.16 Å². The largest absolute Gasteiger partial charge is 0.435 e. The maximum Gasteiger partial charge on any atom is 0.387 e. The van der Waals surface area contributed by atoms with Crippen molar-refractivity contribution in [3.05, 3.63) is 59.2 Å². The van der Waals surface area contributed by atoms with E-state index < -0.39 is 6.61 Å². The number of aromatic nitrogens is 3. The molecule has 0 saturated carbocycles. The number of rotatable bonds is 7. The molecule has 0 radical (unpaired) electrons. The molecule has 9 heteroatoms. The lowest BCUT2D eigenvalue weighted by molar-refractivity contribution is -0.0498. The summed E-state index contributed by atoms with van der Waals surface area (Å²) in [5.41, 5.74) is 3.19. The molecule has 0 amide bonds. The lowest BCUT2D eigenvalue weighted by atomic mass is 10.0. The molecule has 0 aliphatic heterocycles. The van der Waals surface area contributed by atoms with Crippen molar-refractivity contribution in [2.24, 2.45) is 0 Å². The number of halogens is 2. The molecule has 0 unspecified atom stereocenters. The Balaban J connectivity index is 1.71. The van der Waals surface area contributed by atoms with Crippen molar-refractivity contribution in [1.29, 1.82) is 0 Å². The molecule has 3 rings (SSSR count). The molecule has 1 aromatic heterocycles. The van der Waals surface area contributed by atoms with Crippen molar-refractivity contribution >= 4 is 17.5 Å². The van der Waals surface area contributed by atoms with Gasteiger partial charge >= 0.3 is 6.61 Å². The number of thioether (sulfide) groups is 1. The van der Waals surface area contributed by atoms with Gasteiger partial charge in [-0.25, -0.2) is 4.68 Å². The van der Waals surface area contributed by atoms with Gasteiger partial charge in [0, 0.05) is 11.1 Å². The van der Waals surface area contributed by atoms with Gasteiger partial charge < -0.3 is 10.6 Å². The highest BCUT2D eigenvalue weighted by molar-refractivity contribution is 7.99. The van der Waals surface area contributed by atoms with E-state index in [1.54, 1.807) is 12.1 Å². The Morgan fingerprint density at radius 1 is 1.18 bits per heavy atom. The first-order valence-corrected chi connectivity index (χ1v) is 9.32. The van der Waals surface area contributed by atoms with Crippen LogP contribution in [0, 0.1) is 13.8 Å². The topological polar surface area (TPSA) is 83.0 Å². The number of ether oxygens (including phenoxy) is 1. The van der Waals surface area contributed by atoms with Crippen LogP contribution in [0.3, 0.4) is 0 Å². The summed E-state index contributed by atoms with van der Waals surface area (Å²) in [6.07, 6.45) is 0. The van der Waals surface area contributed by atoms with Gasteiger partial charge in [-0.3, -0.25) is 4.79 Å². The third-order valence-corrected chi connectivity index (χ3v) is 4.97. The summed E-state index contributed by atoms with van der Waals surface area (Å²) >= 11 is 1.18. The van der Waals surface area contributed by atoms with Crippen LogP contribution >= 0.6 is 11.8 Å². The van der Waals surface area contributed by atoms with E-state index in [0.717, 1.165) is 11.1 Å². The lowest BCUT2D eigenvalue weighted by Crippen LogP contribution is -2.13. The molecule has 2 N–H and O–H groups in total. The van der Waals surface area contributed by atoms with E-state index in [1.807, 2.05) is 32.0 Å². The maximum absolute atomic E-state index is 12.5. The number of ketones is 1. The van der Waals surface area contributed by atoms with Crippen LogP contribution in [-0.2, 0) is 0 Å². The van der Waals surface area contributed by atoms with Gasteiger partial charge in [0.15, 0.2) is 11.6 Å². The Morgan fingerprint density at radius 3 is 2.57 bits per heavy atom. The molecule has 2 aromatic carbocycles. The van der Waals surface area contributed by atoms with Gasteiger partial charge in [-0.1, -0.05) is 29.5 Å². The molecule has 0 aliphatic carbocycles. The monoisotopic (exact) mass is 404 g/mol. The second-order valence-electron chi connectivity index (χ2n) is 6.11. The Bertz CT molecular complexity index is 990. The summed E-state index contributed by atoms with van der Waals surface area (Å²) in [5, 5.41) is 8.42. The predicted molar refractivity (Wildman–Crippen MR) is 103 cm³/mol. The second-order valence-corrected chi connectivity index (χ2v) is 7.05.